The summed E-state index contributed by atoms with van der Waals surface area (Å²) in [6, 6.07) is 5.27. The molecule has 0 aliphatic rings. The summed E-state index contributed by atoms with van der Waals surface area (Å²) in [7, 11) is -0.515. The number of benzene rings is 1. The van der Waals surface area contributed by atoms with E-state index in [4.69, 9.17) is 14.8 Å². The minimum Gasteiger partial charge on any atom is -0.497 e. The molecule has 1 heterocycles. The molecule has 0 bridgehead atoms. The van der Waals surface area contributed by atoms with Crippen molar-refractivity contribution in [3.8, 4) is 5.75 Å². The van der Waals surface area contributed by atoms with Gasteiger partial charge in [0, 0.05) is 17.2 Å². The van der Waals surface area contributed by atoms with Crippen LogP contribution in [0.4, 0.5) is 19.0 Å². The summed E-state index contributed by atoms with van der Waals surface area (Å²) < 4.78 is 42.9. The molecule has 0 aliphatic heterocycles. The van der Waals surface area contributed by atoms with Gasteiger partial charge in [-0.1, -0.05) is 6.07 Å². The molecule has 1 aromatic carbocycles. The summed E-state index contributed by atoms with van der Waals surface area (Å²) in [5.41, 5.74) is -0.842. The van der Waals surface area contributed by atoms with Gasteiger partial charge in [-0.25, -0.2) is 4.98 Å². The minimum atomic E-state index is -4.55. The molecule has 1 aromatic heterocycles. The number of aromatic nitrogens is 1. The molecule has 0 unspecified atom stereocenters. The van der Waals surface area contributed by atoms with Crippen molar-refractivity contribution in [1.82, 2.24) is 4.98 Å². The van der Waals surface area contributed by atoms with Crippen molar-refractivity contribution in [3.63, 3.8) is 0 Å². The van der Waals surface area contributed by atoms with Crippen molar-refractivity contribution in [2.24, 2.45) is 0 Å². The van der Waals surface area contributed by atoms with Crippen molar-refractivity contribution in [2.45, 2.75) is 6.18 Å². The molecule has 2 rings (SSSR count). The average Bonchev–Trinajstić information content (AvgIpc) is 2.53. The highest BCUT2D eigenvalue weighted by Crippen LogP contribution is 2.30. The Kier molecular flexibility index (Phi) is 5.10. The quantitative estimate of drug-likeness (QED) is 0.724. The maximum Gasteiger partial charge on any atom is 0.492 e. The Morgan fingerprint density at radius 3 is 2.54 bits per heavy atom. The van der Waals surface area contributed by atoms with Gasteiger partial charge in [-0.15, -0.1) is 0 Å². The molecule has 6 nitrogen and oxygen atoms in total. The van der Waals surface area contributed by atoms with Crippen molar-refractivity contribution in [2.75, 3.05) is 12.4 Å². The van der Waals surface area contributed by atoms with Crippen LogP contribution < -0.4 is 15.5 Å². The smallest absolute Gasteiger partial charge is 0.492 e. The molecule has 0 spiro atoms. The summed E-state index contributed by atoms with van der Waals surface area (Å²) in [6.07, 6.45) is -3.62. The number of nitrogens with zero attached hydrogens (tertiary/aromatic N) is 1. The molecule has 2 aromatic rings. The Morgan fingerprint density at radius 1 is 1.25 bits per heavy atom. The van der Waals surface area contributed by atoms with E-state index in [1.165, 1.54) is 25.3 Å². The van der Waals surface area contributed by atoms with Crippen LogP contribution in [0, 0.1) is 0 Å². The highest BCUT2D eigenvalue weighted by molar-refractivity contribution is 6.59. The van der Waals surface area contributed by atoms with Crippen molar-refractivity contribution >= 4 is 24.3 Å². The fraction of sp³-hybridized carbons (Fsp3) is 0.143. The third-order valence-corrected chi connectivity index (χ3v) is 3.10. The number of hydrogen-bond acceptors (Lipinski definition) is 5. The Hall–Kier alpha value is -2.59. The number of hydrogen-bond donors (Lipinski definition) is 3. The standard InChI is InChI=1S/C14H12BF3N2O4/c1-24-11-6-8(2-3-10(11)15(22)23)13(21)20-12-7-9(4-5-19-12)14(16,17)18/h2-7,22-23H,1H3,(H,19,20,21). The molecule has 0 atom stereocenters. The van der Waals surface area contributed by atoms with Crippen molar-refractivity contribution < 1.29 is 32.8 Å². The molecule has 0 saturated carbocycles. The predicted molar refractivity (Wildman–Crippen MR) is 80.0 cm³/mol. The van der Waals surface area contributed by atoms with Crippen LogP contribution in [-0.2, 0) is 6.18 Å². The first-order valence-electron chi connectivity index (χ1n) is 6.61. The van der Waals surface area contributed by atoms with Gasteiger partial charge in [0.05, 0.1) is 12.7 Å². The normalized spacial score (nSPS) is 11.1. The van der Waals surface area contributed by atoms with Crippen LogP contribution in [-0.4, -0.2) is 35.2 Å². The Morgan fingerprint density at radius 2 is 1.96 bits per heavy atom. The van der Waals surface area contributed by atoms with Crippen LogP contribution in [0.2, 0.25) is 0 Å². The monoisotopic (exact) mass is 340 g/mol. The molecule has 3 N–H and O–H groups in total. The van der Waals surface area contributed by atoms with Gasteiger partial charge in [-0.2, -0.15) is 13.2 Å². The molecule has 1 amide bonds. The van der Waals surface area contributed by atoms with Crippen molar-refractivity contribution in [3.05, 3.63) is 47.7 Å². The van der Waals surface area contributed by atoms with Crippen LogP contribution in [0.3, 0.4) is 0 Å². The molecule has 0 radical (unpaired) electrons. The number of rotatable bonds is 4. The van der Waals surface area contributed by atoms with Crippen LogP contribution >= 0.6 is 0 Å². The number of methoxy groups -OCH3 is 1. The number of anilines is 1. The second kappa shape index (κ2) is 6.89. The molecule has 0 saturated heterocycles. The second-order valence-corrected chi connectivity index (χ2v) is 4.71. The summed E-state index contributed by atoms with van der Waals surface area (Å²) in [5, 5.41) is 20.6. The maximum absolute atomic E-state index is 12.6. The highest BCUT2D eigenvalue weighted by atomic mass is 19.4. The summed E-state index contributed by atoms with van der Waals surface area (Å²) in [6.45, 7) is 0. The van der Waals surface area contributed by atoms with Gasteiger partial charge < -0.3 is 20.1 Å². The first-order valence-corrected chi connectivity index (χ1v) is 6.61. The lowest BCUT2D eigenvalue weighted by atomic mass is 9.79. The number of alkyl halides is 3. The third-order valence-electron chi connectivity index (χ3n) is 3.10. The van der Waals surface area contributed by atoms with Gasteiger partial charge in [-0.3, -0.25) is 4.79 Å². The fourth-order valence-electron chi connectivity index (χ4n) is 1.93. The number of ether oxygens (including phenoxy) is 1. The van der Waals surface area contributed by atoms with E-state index < -0.39 is 24.8 Å². The number of amides is 1. The van der Waals surface area contributed by atoms with E-state index in [2.05, 4.69) is 10.3 Å². The number of carbonyl (C=O) groups excluding carboxylic acids is 1. The Bertz CT molecular complexity index is 753. The average molecular weight is 340 g/mol. The van der Waals surface area contributed by atoms with Crippen LogP contribution in [0.1, 0.15) is 15.9 Å². The van der Waals surface area contributed by atoms with Gasteiger partial charge in [0.1, 0.15) is 11.6 Å². The van der Waals surface area contributed by atoms with E-state index in [1.807, 2.05) is 0 Å². The van der Waals surface area contributed by atoms with Gasteiger partial charge in [0.25, 0.3) is 5.91 Å². The van der Waals surface area contributed by atoms with Crippen LogP contribution in [0.25, 0.3) is 0 Å². The van der Waals surface area contributed by atoms with E-state index in [1.54, 1.807) is 0 Å². The lowest BCUT2D eigenvalue weighted by Crippen LogP contribution is -2.31. The van der Waals surface area contributed by atoms with Crippen LogP contribution in [0.5, 0.6) is 5.75 Å². The summed E-state index contributed by atoms with van der Waals surface area (Å²) in [4.78, 5) is 15.8. The van der Waals surface area contributed by atoms with E-state index in [9.17, 15) is 18.0 Å². The molecular formula is C14H12BF3N2O4. The van der Waals surface area contributed by atoms with Crippen molar-refractivity contribution in [1.29, 1.82) is 0 Å². The predicted octanol–water partition coefficient (Wildman–Crippen LogP) is 1.04. The summed E-state index contributed by atoms with van der Waals surface area (Å²) in [5.74, 6) is -0.936. The first-order chi connectivity index (χ1) is 11.2. The SMILES string of the molecule is COc1cc(C(=O)Nc2cc(C(F)(F)F)ccn2)ccc1B(O)O. The Balaban J connectivity index is 2.24. The lowest BCUT2D eigenvalue weighted by molar-refractivity contribution is -0.137. The number of halogens is 3. The number of pyridine rings is 1. The summed E-state index contributed by atoms with van der Waals surface area (Å²) >= 11 is 0. The Labute approximate surface area is 135 Å². The molecule has 0 aliphatic carbocycles. The van der Waals surface area contributed by atoms with E-state index in [0.717, 1.165) is 12.3 Å². The molecular weight excluding hydrogens is 328 g/mol. The number of carbonyl (C=O) groups is 1. The highest BCUT2D eigenvalue weighted by Gasteiger charge is 2.31. The largest absolute Gasteiger partial charge is 0.497 e. The maximum atomic E-state index is 12.6. The zero-order chi connectivity index (χ0) is 17.9. The first kappa shape index (κ1) is 17.8. The van der Waals surface area contributed by atoms with Gasteiger partial charge in [0.15, 0.2) is 0 Å². The molecule has 10 heteroatoms. The lowest BCUT2D eigenvalue weighted by Gasteiger charge is -2.11. The minimum absolute atomic E-state index is 0.0474. The van der Waals surface area contributed by atoms with E-state index in [0.29, 0.717) is 6.07 Å². The third kappa shape index (κ3) is 4.03. The van der Waals surface area contributed by atoms with Gasteiger partial charge in [0.2, 0.25) is 0 Å². The van der Waals surface area contributed by atoms with E-state index in [-0.39, 0.29) is 22.6 Å². The number of nitrogens with one attached hydrogen (secondary N) is 1. The molecule has 0 fully saturated rings. The zero-order valence-electron chi connectivity index (χ0n) is 12.3. The zero-order valence-corrected chi connectivity index (χ0v) is 12.3. The van der Waals surface area contributed by atoms with Gasteiger partial charge >= 0.3 is 13.3 Å². The van der Waals surface area contributed by atoms with Gasteiger partial charge in [-0.05, 0) is 24.3 Å². The second-order valence-electron chi connectivity index (χ2n) is 4.71. The molecule has 126 valence electrons. The molecule has 24 heavy (non-hydrogen) atoms. The van der Waals surface area contributed by atoms with E-state index >= 15 is 0 Å². The van der Waals surface area contributed by atoms with Crippen LogP contribution in [0.15, 0.2) is 36.5 Å². The fourth-order valence-corrected chi connectivity index (χ4v) is 1.93. The topological polar surface area (TPSA) is 91.7 Å².